The van der Waals surface area contributed by atoms with Gasteiger partial charge in [-0.25, -0.2) is 8.42 Å². The molecule has 0 radical (unpaired) electrons. The molecule has 4 aromatic rings. The van der Waals surface area contributed by atoms with Crippen LogP contribution in [0.2, 0.25) is 0 Å². The van der Waals surface area contributed by atoms with Crippen molar-refractivity contribution in [1.29, 1.82) is 0 Å². The van der Waals surface area contributed by atoms with Crippen molar-refractivity contribution >= 4 is 9.84 Å². The van der Waals surface area contributed by atoms with Crippen molar-refractivity contribution in [2.75, 3.05) is 0 Å². The molecule has 7 heteroatoms. The highest BCUT2D eigenvalue weighted by Gasteiger charge is 2.29. The average molecular weight is 463 g/mol. The Kier molecular flexibility index (Phi) is 5.98. The third-order valence-corrected chi connectivity index (χ3v) is 7.11. The zero-order valence-corrected chi connectivity index (χ0v) is 18.3. The first-order valence-corrected chi connectivity index (χ1v) is 11.7. The monoisotopic (exact) mass is 462 g/mol. The molecule has 0 aliphatic heterocycles. The second-order valence-electron chi connectivity index (χ2n) is 7.73. The lowest BCUT2D eigenvalue weighted by Gasteiger charge is -2.15. The van der Waals surface area contributed by atoms with Crippen LogP contribution < -0.4 is 0 Å². The maximum absolute atomic E-state index is 13.4. The topological polar surface area (TPSA) is 115 Å². The lowest BCUT2D eigenvalue weighted by atomic mass is 10.0. The lowest BCUT2D eigenvalue weighted by Crippen LogP contribution is -2.06. The highest BCUT2D eigenvalue weighted by Crippen LogP contribution is 2.41. The van der Waals surface area contributed by atoms with Gasteiger partial charge in [-0.1, -0.05) is 60.7 Å². The van der Waals surface area contributed by atoms with Crippen molar-refractivity contribution in [3.05, 3.63) is 107 Å². The number of aromatic hydroxyl groups is 4. The third-order valence-electron chi connectivity index (χ3n) is 5.33. The minimum Gasteiger partial charge on any atom is -0.508 e. The number of hydrogen-bond donors (Lipinski definition) is 4. The van der Waals surface area contributed by atoms with E-state index < -0.39 is 31.1 Å². The highest BCUT2D eigenvalue weighted by molar-refractivity contribution is 7.91. The van der Waals surface area contributed by atoms with E-state index in [1.54, 1.807) is 0 Å². The Morgan fingerprint density at radius 2 is 0.909 bits per heavy atom. The first-order valence-electron chi connectivity index (χ1n) is 10.2. The molecule has 0 unspecified atom stereocenters. The molecule has 0 bridgehead atoms. The van der Waals surface area contributed by atoms with Crippen molar-refractivity contribution < 1.29 is 28.8 Å². The fraction of sp³-hybridized carbons (Fsp3) is 0.0769. The number of sulfone groups is 1. The van der Waals surface area contributed by atoms with Crippen LogP contribution in [-0.2, 0) is 22.7 Å². The molecule has 0 atom stereocenters. The van der Waals surface area contributed by atoms with Crippen LogP contribution in [-0.4, -0.2) is 28.8 Å². The highest BCUT2D eigenvalue weighted by atomic mass is 32.2. The largest absolute Gasteiger partial charge is 0.508 e. The van der Waals surface area contributed by atoms with Crippen LogP contribution in [0, 0.1) is 0 Å². The Balaban J connectivity index is 1.80. The molecule has 0 fully saturated rings. The molecule has 0 heterocycles. The number of rotatable bonds is 6. The summed E-state index contributed by atoms with van der Waals surface area (Å²) < 4.78 is 26.9. The third kappa shape index (κ3) is 4.63. The molecular formula is C26H22O6S. The van der Waals surface area contributed by atoms with Crippen molar-refractivity contribution in [2.45, 2.75) is 22.6 Å². The standard InChI is InChI=1S/C26H22O6S/c27-21-13-19(11-17-7-3-1-4-8-17)25(29)23(15-21)33(31,32)24-16-22(28)14-20(26(24)30)12-18-9-5-2-6-10-18/h1-10,13-16,27-30H,11-12H2. The van der Waals surface area contributed by atoms with Crippen molar-refractivity contribution in [2.24, 2.45) is 0 Å². The number of hydrogen-bond acceptors (Lipinski definition) is 6. The van der Waals surface area contributed by atoms with E-state index in [1.807, 2.05) is 60.7 Å². The fourth-order valence-electron chi connectivity index (χ4n) is 3.73. The van der Waals surface area contributed by atoms with Gasteiger partial charge in [-0.05, 0) is 23.3 Å². The minimum absolute atomic E-state index is 0.189. The molecule has 0 saturated heterocycles. The zero-order chi connectivity index (χ0) is 23.6. The molecule has 0 spiro atoms. The minimum atomic E-state index is -4.49. The van der Waals surface area contributed by atoms with Gasteiger partial charge in [-0.2, -0.15) is 0 Å². The van der Waals surface area contributed by atoms with Gasteiger partial charge >= 0.3 is 0 Å². The molecule has 6 nitrogen and oxygen atoms in total. The van der Waals surface area contributed by atoms with Gasteiger partial charge in [-0.3, -0.25) is 0 Å². The number of benzene rings is 4. The van der Waals surface area contributed by atoms with Gasteiger partial charge in [0, 0.05) is 36.1 Å². The Bertz CT molecular complexity index is 1300. The molecule has 0 aliphatic rings. The Morgan fingerprint density at radius 1 is 0.545 bits per heavy atom. The molecule has 0 aromatic heterocycles. The summed E-state index contributed by atoms with van der Waals surface area (Å²) >= 11 is 0. The molecule has 4 N–H and O–H groups in total. The first kappa shape index (κ1) is 22.2. The number of phenolic OH excluding ortho intramolecular Hbond substituents is 4. The van der Waals surface area contributed by atoms with E-state index in [2.05, 4.69) is 0 Å². The van der Waals surface area contributed by atoms with Gasteiger partial charge in [-0.15, -0.1) is 0 Å². The van der Waals surface area contributed by atoms with E-state index in [9.17, 15) is 28.8 Å². The molecule has 4 aromatic carbocycles. The molecule has 4 rings (SSSR count). The zero-order valence-electron chi connectivity index (χ0n) is 17.5. The summed E-state index contributed by atoms with van der Waals surface area (Å²) in [4.78, 5) is -1.11. The summed E-state index contributed by atoms with van der Waals surface area (Å²) in [6, 6.07) is 22.6. The maximum Gasteiger partial charge on any atom is 0.214 e. The quantitative estimate of drug-likeness (QED) is 0.313. The van der Waals surface area contributed by atoms with E-state index in [-0.39, 0.29) is 35.5 Å². The smallest absolute Gasteiger partial charge is 0.214 e. The van der Waals surface area contributed by atoms with Crippen LogP contribution in [0.25, 0.3) is 0 Å². The molecule has 168 valence electrons. The second-order valence-corrected chi connectivity index (χ2v) is 9.62. The average Bonchev–Trinajstić information content (AvgIpc) is 2.79. The lowest BCUT2D eigenvalue weighted by molar-refractivity contribution is 0.433. The van der Waals surface area contributed by atoms with Crippen molar-refractivity contribution in [3.8, 4) is 23.0 Å². The van der Waals surface area contributed by atoms with E-state index in [0.29, 0.717) is 0 Å². The van der Waals surface area contributed by atoms with Crippen LogP contribution in [0.15, 0.2) is 94.7 Å². The van der Waals surface area contributed by atoms with Gasteiger partial charge in [0.1, 0.15) is 32.8 Å². The van der Waals surface area contributed by atoms with Crippen molar-refractivity contribution in [3.63, 3.8) is 0 Å². The van der Waals surface area contributed by atoms with E-state index >= 15 is 0 Å². The summed E-state index contributed by atoms with van der Waals surface area (Å²) in [5.41, 5.74) is 2.05. The van der Waals surface area contributed by atoms with Crippen LogP contribution in [0.4, 0.5) is 0 Å². The van der Waals surface area contributed by atoms with Crippen molar-refractivity contribution in [1.82, 2.24) is 0 Å². The summed E-state index contributed by atoms with van der Waals surface area (Å²) in [5.74, 6) is -1.74. The Morgan fingerprint density at radius 3 is 1.27 bits per heavy atom. The first-order chi connectivity index (χ1) is 15.8. The van der Waals surface area contributed by atoms with Crippen LogP contribution in [0.5, 0.6) is 23.0 Å². The van der Waals surface area contributed by atoms with Crippen LogP contribution >= 0.6 is 0 Å². The van der Waals surface area contributed by atoms with E-state index in [1.165, 1.54) is 12.1 Å². The van der Waals surface area contributed by atoms with Gasteiger partial charge in [0.25, 0.3) is 0 Å². The van der Waals surface area contributed by atoms with E-state index in [4.69, 9.17) is 0 Å². The molecule has 0 aliphatic carbocycles. The Labute approximate surface area is 191 Å². The van der Waals surface area contributed by atoms with Gasteiger partial charge in [0.05, 0.1) is 0 Å². The Hall–Kier alpha value is -3.97. The van der Waals surface area contributed by atoms with Crippen LogP contribution in [0.3, 0.4) is 0 Å². The normalized spacial score (nSPS) is 11.4. The van der Waals surface area contributed by atoms with Gasteiger partial charge < -0.3 is 20.4 Å². The summed E-state index contributed by atoms with van der Waals surface area (Å²) in [6.45, 7) is 0. The predicted octanol–water partition coefficient (Wildman–Crippen LogP) is 4.52. The number of phenols is 4. The molecule has 33 heavy (non-hydrogen) atoms. The maximum atomic E-state index is 13.4. The second kappa shape index (κ2) is 8.88. The molecular weight excluding hydrogens is 440 g/mol. The SMILES string of the molecule is O=S(=O)(c1cc(O)cc(Cc2ccccc2)c1O)c1cc(O)cc(Cc2ccccc2)c1O. The fourth-order valence-corrected chi connectivity index (χ4v) is 5.29. The summed E-state index contributed by atoms with van der Waals surface area (Å²) in [6.07, 6.45) is 0.379. The van der Waals surface area contributed by atoms with Gasteiger partial charge in [0.15, 0.2) is 0 Å². The summed E-state index contributed by atoms with van der Waals surface area (Å²) in [7, 11) is -4.49. The summed E-state index contributed by atoms with van der Waals surface area (Å²) in [5, 5.41) is 42.0. The van der Waals surface area contributed by atoms with Gasteiger partial charge in [0.2, 0.25) is 9.84 Å². The van der Waals surface area contributed by atoms with Crippen LogP contribution in [0.1, 0.15) is 22.3 Å². The molecule has 0 amide bonds. The predicted molar refractivity (Wildman–Crippen MR) is 123 cm³/mol. The van der Waals surface area contributed by atoms with E-state index in [0.717, 1.165) is 23.3 Å². The molecule has 0 saturated carbocycles.